The maximum Gasteiger partial charge on any atom is 0.137 e. The first-order valence-corrected chi connectivity index (χ1v) is 5.22. The summed E-state index contributed by atoms with van der Waals surface area (Å²) in [7, 11) is 0. The lowest BCUT2D eigenvalue weighted by Crippen LogP contribution is -1.99. The molecule has 0 spiro atoms. The van der Waals surface area contributed by atoms with E-state index in [-0.39, 0.29) is 1.43 Å². The van der Waals surface area contributed by atoms with Gasteiger partial charge in [-0.15, -0.1) is 0 Å². The van der Waals surface area contributed by atoms with Crippen LogP contribution >= 0.6 is 0 Å². The molecule has 2 rings (SSSR count). The molecular weight excluding hydrogens is 172 g/mol. The highest BCUT2D eigenvalue weighted by Crippen LogP contribution is 2.14. The van der Waals surface area contributed by atoms with Crippen LogP contribution in [0.1, 0.15) is 27.4 Å². The Labute approximate surface area is 85.9 Å². The van der Waals surface area contributed by atoms with Crippen molar-refractivity contribution < 1.29 is 1.43 Å². The average Bonchev–Trinajstić information content (AvgIpc) is 2.64. The van der Waals surface area contributed by atoms with E-state index in [4.69, 9.17) is 0 Å². The molecule has 0 aliphatic rings. The number of H-pyrrole nitrogens is 1. The first-order chi connectivity index (χ1) is 6.79. The molecule has 0 aromatic carbocycles. The van der Waals surface area contributed by atoms with Gasteiger partial charge in [-0.25, -0.2) is 4.98 Å². The predicted molar refractivity (Wildman–Crippen MR) is 61.4 cm³/mol. The molecule has 0 fully saturated rings. The lowest BCUT2D eigenvalue weighted by Gasteiger charge is -2.06. The fraction of sp³-hybridized carbons (Fsp3) is 0.417. The van der Waals surface area contributed by atoms with Gasteiger partial charge >= 0.3 is 0 Å². The van der Waals surface area contributed by atoms with Crippen LogP contribution in [-0.4, -0.2) is 9.97 Å². The van der Waals surface area contributed by atoms with Crippen molar-refractivity contribution >= 4 is 11.0 Å². The highest BCUT2D eigenvalue weighted by Gasteiger charge is 2.03. The van der Waals surface area contributed by atoms with Gasteiger partial charge in [0.1, 0.15) is 5.65 Å². The summed E-state index contributed by atoms with van der Waals surface area (Å²) in [6.45, 7) is 4.48. The Kier molecular flexibility index (Phi) is 2.53. The number of nitrogens with one attached hydrogen (secondary N) is 1. The maximum absolute atomic E-state index is 4.57. The molecule has 0 radical (unpaired) electrons. The Bertz CT molecular complexity index is 422. The Morgan fingerprint density at radius 1 is 1.43 bits per heavy atom. The predicted octanol–water partition coefficient (Wildman–Crippen LogP) is 3.40. The van der Waals surface area contributed by atoms with Crippen LogP contribution in [0.15, 0.2) is 24.4 Å². The van der Waals surface area contributed by atoms with Crippen LogP contribution in [0.3, 0.4) is 0 Å². The van der Waals surface area contributed by atoms with Crippen molar-refractivity contribution in [3.05, 3.63) is 30.1 Å². The standard InChI is InChI=1S/C12H16N2.H2/c1-3-9(2)8-11-5-4-10-6-7-13-12(10)14-11;/h4-7,9H,3,8H2,1-2H3,(H,13,14);1H. The Hall–Kier alpha value is -1.31. The van der Waals surface area contributed by atoms with Crippen molar-refractivity contribution in [1.29, 1.82) is 0 Å². The van der Waals surface area contributed by atoms with E-state index in [1.165, 1.54) is 17.5 Å². The van der Waals surface area contributed by atoms with Crippen LogP contribution in [0.5, 0.6) is 0 Å². The summed E-state index contributed by atoms with van der Waals surface area (Å²) in [6, 6.07) is 6.31. The average molecular weight is 190 g/mol. The maximum atomic E-state index is 4.57. The van der Waals surface area contributed by atoms with Gasteiger partial charge in [0, 0.05) is 18.7 Å². The minimum Gasteiger partial charge on any atom is -0.346 e. The molecule has 2 heterocycles. The van der Waals surface area contributed by atoms with Gasteiger partial charge in [0.05, 0.1) is 0 Å². The molecule has 0 saturated carbocycles. The number of rotatable bonds is 3. The first-order valence-electron chi connectivity index (χ1n) is 5.22. The fourth-order valence-corrected chi connectivity index (χ4v) is 1.59. The van der Waals surface area contributed by atoms with Crippen molar-refractivity contribution in [1.82, 2.24) is 9.97 Å². The molecule has 14 heavy (non-hydrogen) atoms. The van der Waals surface area contributed by atoms with Crippen molar-refractivity contribution in [2.75, 3.05) is 0 Å². The van der Waals surface area contributed by atoms with E-state index >= 15 is 0 Å². The van der Waals surface area contributed by atoms with Crippen molar-refractivity contribution in [3.63, 3.8) is 0 Å². The number of aromatic amines is 1. The van der Waals surface area contributed by atoms with Gasteiger partial charge in [-0.1, -0.05) is 20.3 Å². The van der Waals surface area contributed by atoms with Crippen LogP contribution in [0.2, 0.25) is 0 Å². The van der Waals surface area contributed by atoms with Crippen LogP contribution in [0, 0.1) is 5.92 Å². The summed E-state index contributed by atoms with van der Waals surface area (Å²) in [5.41, 5.74) is 2.19. The Morgan fingerprint density at radius 2 is 2.29 bits per heavy atom. The zero-order valence-corrected chi connectivity index (χ0v) is 8.75. The van der Waals surface area contributed by atoms with Crippen molar-refractivity contribution in [2.45, 2.75) is 26.7 Å². The largest absolute Gasteiger partial charge is 0.346 e. The van der Waals surface area contributed by atoms with Gasteiger partial charge in [-0.05, 0) is 30.5 Å². The number of fused-ring (bicyclic) bond motifs is 1. The number of hydrogen-bond donors (Lipinski definition) is 1. The second kappa shape index (κ2) is 3.82. The molecule has 1 unspecified atom stereocenters. The van der Waals surface area contributed by atoms with E-state index in [0.29, 0.717) is 0 Å². The van der Waals surface area contributed by atoms with Gasteiger partial charge in [-0.3, -0.25) is 0 Å². The van der Waals surface area contributed by atoms with Gasteiger partial charge < -0.3 is 4.98 Å². The third-order valence-corrected chi connectivity index (χ3v) is 2.72. The second-order valence-electron chi connectivity index (χ2n) is 3.94. The number of hydrogen-bond acceptors (Lipinski definition) is 1. The lowest BCUT2D eigenvalue weighted by molar-refractivity contribution is 0.553. The zero-order chi connectivity index (χ0) is 9.97. The van der Waals surface area contributed by atoms with E-state index in [0.717, 1.165) is 18.0 Å². The normalized spacial score (nSPS) is 13.3. The summed E-state index contributed by atoms with van der Waals surface area (Å²) < 4.78 is 0. The lowest BCUT2D eigenvalue weighted by atomic mass is 10.0. The smallest absolute Gasteiger partial charge is 0.137 e. The molecule has 2 aromatic rings. The van der Waals surface area contributed by atoms with Gasteiger partial charge in [0.25, 0.3) is 0 Å². The molecule has 2 nitrogen and oxygen atoms in total. The van der Waals surface area contributed by atoms with Gasteiger partial charge in [0.2, 0.25) is 0 Å². The molecular formula is C12H18N2. The molecule has 2 aromatic heterocycles. The first kappa shape index (κ1) is 9.25. The third-order valence-electron chi connectivity index (χ3n) is 2.72. The van der Waals surface area contributed by atoms with Gasteiger partial charge in [-0.2, -0.15) is 0 Å². The van der Waals surface area contributed by atoms with Crippen LogP contribution < -0.4 is 0 Å². The minimum absolute atomic E-state index is 0. The highest BCUT2D eigenvalue weighted by atomic mass is 14.8. The van der Waals surface area contributed by atoms with Crippen LogP contribution in [-0.2, 0) is 6.42 Å². The molecule has 0 aliphatic heterocycles. The molecule has 0 saturated heterocycles. The van der Waals surface area contributed by atoms with E-state index in [9.17, 15) is 0 Å². The van der Waals surface area contributed by atoms with E-state index in [2.05, 4.69) is 42.0 Å². The topological polar surface area (TPSA) is 28.7 Å². The zero-order valence-electron chi connectivity index (χ0n) is 8.75. The summed E-state index contributed by atoms with van der Waals surface area (Å²) in [4.78, 5) is 7.71. The molecule has 1 atom stereocenters. The summed E-state index contributed by atoms with van der Waals surface area (Å²) in [6.07, 6.45) is 4.22. The molecule has 0 amide bonds. The molecule has 76 valence electrons. The number of nitrogens with zero attached hydrogens (tertiary/aromatic N) is 1. The monoisotopic (exact) mass is 190 g/mol. The molecule has 0 aliphatic carbocycles. The third kappa shape index (κ3) is 1.79. The summed E-state index contributed by atoms with van der Waals surface area (Å²) in [5, 5.41) is 1.19. The van der Waals surface area contributed by atoms with E-state index in [1.54, 1.807) is 0 Å². The van der Waals surface area contributed by atoms with E-state index in [1.807, 2.05) is 6.20 Å². The molecule has 0 bridgehead atoms. The molecule has 1 N–H and O–H groups in total. The number of pyridine rings is 1. The highest BCUT2D eigenvalue weighted by molar-refractivity contribution is 5.75. The second-order valence-corrected chi connectivity index (χ2v) is 3.94. The fourth-order valence-electron chi connectivity index (χ4n) is 1.59. The number of aromatic nitrogens is 2. The quantitative estimate of drug-likeness (QED) is 0.789. The van der Waals surface area contributed by atoms with Gasteiger partial charge in [0.15, 0.2) is 0 Å². The Morgan fingerprint density at radius 3 is 3.07 bits per heavy atom. The van der Waals surface area contributed by atoms with Crippen molar-refractivity contribution in [3.8, 4) is 0 Å². The van der Waals surface area contributed by atoms with Crippen LogP contribution in [0.25, 0.3) is 11.0 Å². The summed E-state index contributed by atoms with van der Waals surface area (Å²) >= 11 is 0. The SMILES string of the molecule is CCC(C)Cc1ccc2cc[nH]c2n1.[HH]. The van der Waals surface area contributed by atoms with Crippen molar-refractivity contribution in [2.24, 2.45) is 5.92 Å². The summed E-state index contributed by atoms with van der Waals surface area (Å²) in [5.74, 6) is 0.718. The minimum atomic E-state index is 0. The van der Waals surface area contributed by atoms with Crippen LogP contribution in [0.4, 0.5) is 0 Å². The molecule has 2 heteroatoms. The Balaban J connectivity index is 0.00000112. The van der Waals surface area contributed by atoms with E-state index < -0.39 is 0 Å².